The molecule has 194 valence electrons. The summed E-state index contributed by atoms with van der Waals surface area (Å²) in [6.07, 6.45) is 1.10. The highest BCUT2D eigenvalue weighted by atomic mass is 32.2. The van der Waals surface area contributed by atoms with E-state index in [1.807, 2.05) is 74.1 Å². The fourth-order valence-corrected chi connectivity index (χ4v) is 5.67. The Bertz CT molecular complexity index is 1760. The van der Waals surface area contributed by atoms with Crippen LogP contribution in [-0.4, -0.2) is 27.7 Å². The first-order valence-electron chi connectivity index (χ1n) is 12.4. The third kappa shape index (κ3) is 4.84. The molecule has 0 spiro atoms. The minimum Gasteiger partial charge on any atom is -0.285 e. The zero-order chi connectivity index (χ0) is 26.9. The summed E-state index contributed by atoms with van der Waals surface area (Å²) < 4.78 is 32.5. The standard InChI is InChI=1S/C29H29N5O3S/c1-20(18-19-24-21(2)33(3)34(29(24)35)22-12-6-4-7-13-22)27-28(31-26-17-11-10-16-25(26)30-27)32-38(36,37)23-14-8-5-9-15-23/h4-17,20H,18-19H2,1-3H3,(H,31,32). The van der Waals surface area contributed by atoms with Crippen molar-refractivity contribution in [1.29, 1.82) is 0 Å². The van der Waals surface area contributed by atoms with Crippen molar-refractivity contribution in [2.45, 2.75) is 37.5 Å². The van der Waals surface area contributed by atoms with Crippen molar-refractivity contribution in [3.8, 4) is 5.69 Å². The van der Waals surface area contributed by atoms with E-state index in [-0.39, 0.29) is 22.2 Å². The fourth-order valence-electron chi connectivity index (χ4n) is 4.63. The van der Waals surface area contributed by atoms with Gasteiger partial charge in [0, 0.05) is 24.2 Å². The number of hydrogen-bond donors (Lipinski definition) is 1. The van der Waals surface area contributed by atoms with Gasteiger partial charge < -0.3 is 0 Å². The van der Waals surface area contributed by atoms with Crippen molar-refractivity contribution < 1.29 is 8.42 Å². The summed E-state index contributed by atoms with van der Waals surface area (Å²) in [6.45, 7) is 3.92. The quantitative estimate of drug-likeness (QED) is 0.307. The van der Waals surface area contributed by atoms with Crippen molar-refractivity contribution >= 4 is 26.9 Å². The summed E-state index contributed by atoms with van der Waals surface area (Å²) in [5, 5.41) is 0. The molecule has 0 bridgehead atoms. The number of hydrogen-bond acceptors (Lipinski definition) is 5. The van der Waals surface area contributed by atoms with E-state index in [1.165, 1.54) is 12.1 Å². The van der Waals surface area contributed by atoms with E-state index in [0.29, 0.717) is 29.6 Å². The minimum atomic E-state index is -3.86. The molecule has 9 heteroatoms. The van der Waals surface area contributed by atoms with Gasteiger partial charge in [-0.05, 0) is 56.2 Å². The van der Waals surface area contributed by atoms with Gasteiger partial charge >= 0.3 is 0 Å². The lowest BCUT2D eigenvalue weighted by atomic mass is 9.98. The molecule has 0 saturated heterocycles. The number of rotatable bonds is 8. The molecule has 0 radical (unpaired) electrons. The number of nitrogens with zero attached hydrogens (tertiary/aromatic N) is 4. The first kappa shape index (κ1) is 25.4. The zero-order valence-electron chi connectivity index (χ0n) is 21.5. The molecule has 0 saturated carbocycles. The maximum absolute atomic E-state index is 13.4. The molecule has 0 fully saturated rings. The second-order valence-electron chi connectivity index (χ2n) is 9.34. The fraction of sp³-hybridized carbons (Fsp3) is 0.207. The number of benzene rings is 3. The van der Waals surface area contributed by atoms with Crippen LogP contribution in [0, 0.1) is 6.92 Å². The molecule has 3 aromatic carbocycles. The Morgan fingerprint density at radius 2 is 1.45 bits per heavy atom. The smallest absolute Gasteiger partial charge is 0.274 e. The van der Waals surface area contributed by atoms with E-state index < -0.39 is 10.0 Å². The molecule has 1 unspecified atom stereocenters. The van der Waals surface area contributed by atoms with Crippen LogP contribution in [0.5, 0.6) is 0 Å². The average Bonchev–Trinajstić information content (AvgIpc) is 3.14. The average molecular weight is 528 g/mol. The Kier molecular flexibility index (Phi) is 6.86. The molecular formula is C29H29N5O3S. The lowest BCUT2D eigenvalue weighted by Gasteiger charge is -2.17. The van der Waals surface area contributed by atoms with Crippen molar-refractivity contribution in [3.05, 3.63) is 112 Å². The normalized spacial score (nSPS) is 12.5. The first-order valence-corrected chi connectivity index (χ1v) is 13.9. The molecule has 5 rings (SSSR count). The van der Waals surface area contributed by atoms with E-state index in [2.05, 4.69) is 9.71 Å². The van der Waals surface area contributed by atoms with Crippen LogP contribution in [0.15, 0.2) is 94.6 Å². The zero-order valence-corrected chi connectivity index (χ0v) is 22.3. The van der Waals surface area contributed by atoms with Crippen LogP contribution in [0.2, 0.25) is 0 Å². The number of para-hydroxylation sites is 3. The Balaban J connectivity index is 1.48. The summed E-state index contributed by atoms with van der Waals surface area (Å²) in [5.41, 5.74) is 4.18. The molecule has 0 aliphatic rings. The Labute approximate surface area is 221 Å². The van der Waals surface area contributed by atoms with Crippen molar-refractivity contribution in [2.24, 2.45) is 7.05 Å². The molecule has 1 atom stereocenters. The van der Waals surface area contributed by atoms with Crippen LogP contribution < -0.4 is 10.3 Å². The van der Waals surface area contributed by atoms with E-state index in [1.54, 1.807) is 28.9 Å². The molecule has 8 nitrogen and oxygen atoms in total. The lowest BCUT2D eigenvalue weighted by Crippen LogP contribution is -2.21. The van der Waals surface area contributed by atoms with E-state index >= 15 is 0 Å². The molecule has 0 aliphatic carbocycles. The van der Waals surface area contributed by atoms with E-state index in [4.69, 9.17) is 4.98 Å². The highest BCUT2D eigenvalue weighted by Crippen LogP contribution is 2.29. The third-order valence-corrected chi connectivity index (χ3v) is 8.20. The van der Waals surface area contributed by atoms with Crippen LogP contribution >= 0.6 is 0 Å². The van der Waals surface area contributed by atoms with Gasteiger partial charge in [-0.25, -0.2) is 23.1 Å². The molecule has 2 heterocycles. The number of anilines is 1. The van der Waals surface area contributed by atoms with Gasteiger partial charge in [0.15, 0.2) is 5.82 Å². The molecular weight excluding hydrogens is 498 g/mol. The predicted octanol–water partition coefficient (Wildman–Crippen LogP) is 4.96. The van der Waals surface area contributed by atoms with Crippen molar-refractivity contribution in [3.63, 3.8) is 0 Å². The van der Waals surface area contributed by atoms with E-state index in [0.717, 1.165) is 16.9 Å². The largest absolute Gasteiger partial charge is 0.285 e. The number of sulfonamides is 1. The van der Waals surface area contributed by atoms with Crippen molar-refractivity contribution in [1.82, 2.24) is 19.3 Å². The Morgan fingerprint density at radius 1 is 0.868 bits per heavy atom. The van der Waals surface area contributed by atoms with Crippen LogP contribution in [0.3, 0.4) is 0 Å². The second-order valence-corrected chi connectivity index (χ2v) is 11.0. The third-order valence-electron chi connectivity index (χ3n) is 6.85. The van der Waals surface area contributed by atoms with Crippen LogP contribution in [0.4, 0.5) is 5.82 Å². The Hall–Kier alpha value is -4.24. The summed E-state index contributed by atoms with van der Waals surface area (Å²) >= 11 is 0. The Morgan fingerprint density at radius 3 is 2.11 bits per heavy atom. The number of fused-ring (bicyclic) bond motifs is 1. The van der Waals surface area contributed by atoms with Gasteiger partial charge in [0.25, 0.3) is 15.6 Å². The molecule has 2 aromatic heterocycles. The summed E-state index contributed by atoms with van der Waals surface area (Å²) in [5.74, 6) is 0.0243. The first-order chi connectivity index (χ1) is 18.3. The predicted molar refractivity (Wildman–Crippen MR) is 149 cm³/mol. The summed E-state index contributed by atoms with van der Waals surface area (Å²) in [6, 6.07) is 25.1. The molecule has 0 amide bonds. The van der Waals surface area contributed by atoms with Gasteiger partial charge in [0.05, 0.1) is 27.3 Å². The second kappa shape index (κ2) is 10.3. The van der Waals surface area contributed by atoms with Gasteiger partial charge in [-0.2, -0.15) is 0 Å². The highest BCUT2D eigenvalue weighted by molar-refractivity contribution is 7.92. The van der Waals surface area contributed by atoms with Crippen LogP contribution in [0.25, 0.3) is 16.7 Å². The molecule has 0 aliphatic heterocycles. The van der Waals surface area contributed by atoms with Crippen LogP contribution in [-0.2, 0) is 23.5 Å². The topological polar surface area (TPSA) is 98.9 Å². The maximum atomic E-state index is 13.4. The van der Waals surface area contributed by atoms with Gasteiger partial charge in [0.2, 0.25) is 0 Å². The number of aromatic nitrogens is 4. The van der Waals surface area contributed by atoms with Crippen LogP contribution in [0.1, 0.15) is 36.2 Å². The van der Waals surface area contributed by atoms with Gasteiger partial charge in [0.1, 0.15) is 0 Å². The molecule has 5 aromatic rings. The maximum Gasteiger partial charge on any atom is 0.274 e. The monoisotopic (exact) mass is 527 g/mol. The molecule has 38 heavy (non-hydrogen) atoms. The van der Waals surface area contributed by atoms with Gasteiger partial charge in [-0.3, -0.25) is 14.2 Å². The summed E-state index contributed by atoms with van der Waals surface area (Å²) in [4.78, 5) is 23.0. The van der Waals surface area contributed by atoms with Gasteiger partial charge in [-0.1, -0.05) is 55.5 Å². The highest BCUT2D eigenvalue weighted by Gasteiger charge is 2.23. The lowest BCUT2D eigenvalue weighted by molar-refractivity contribution is 0.600. The van der Waals surface area contributed by atoms with E-state index in [9.17, 15) is 13.2 Å². The number of nitrogens with one attached hydrogen (secondary N) is 1. The van der Waals surface area contributed by atoms with Gasteiger partial charge in [-0.15, -0.1) is 0 Å². The molecule has 1 N–H and O–H groups in total. The summed E-state index contributed by atoms with van der Waals surface area (Å²) in [7, 11) is -1.98. The SMILES string of the molecule is Cc1c(CCC(C)c2nc3ccccc3nc2NS(=O)(=O)c2ccccc2)c(=O)n(-c2ccccc2)n1C. The minimum absolute atomic E-state index is 0.0574. The van der Waals surface area contributed by atoms with Crippen molar-refractivity contribution in [2.75, 3.05) is 4.72 Å².